The van der Waals surface area contributed by atoms with E-state index in [-0.39, 0.29) is 30.8 Å². The van der Waals surface area contributed by atoms with Crippen LogP contribution in [0.15, 0.2) is 59.5 Å². The van der Waals surface area contributed by atoms with Crippen LogP contribution in [-0.2, 0) is 26.1 Å². The molecule has 0 aromatic heterocycles. The number of amides is 1. The van der Waals surface area contributed by atoms with Gasteiger partial charge in [-0.15, -0.1) is 12.4 Å². The number of rotatable bonds is 8. The minimum Gasteiger partial charge on any atom is -0.380 e. The Morgan fingerprint density at radius 3 is 2.56 bits per heavy atom. The van der Waals surface area contributed by atoms with Crippen LogP contribution in [0.5, 0.6) is 0 Å². The monoisotopic (exact) mass is 382 g/mol. The van der Waals surface area contributed by atoms with Gasteiger partial charge in [-0.05, 0) is 29.8 Å². The van der Waals surface area contributed by atoms with Crippen molar-refractivity contribution >= 4 is 34.8 Å². The highest BCUT2D eigenvalue weighted by molar-refractivity contribution is 7.84. The van der Waals surface area contributed by atoms with Gasteiger partial charge >= 0.3 is 0 Å². The van der Waals surface area contributed by atoms with Crippen molar-refractivity contribution in [1.29, 1.82) is 0 Å². The molecule has 0 heterocycles. The number of methoxy groups -OCH3 is 1. The van der Waals surface area contributed by atoms with E-state index < -0.39 is 10.8 Å². The predicted octanol–water partition coefficient (Wildman–Crippen LogP) is 2.72. The van der Waals surface area contributed by atoms with Gasteiger partial charge in [-0.25, -0.2) is 0 Å². The number of benzene rings is 2. The molecule has 0 aliphatic heterocycles. The molecule has 2 atom stereocenters. The Kier molecular flexibility index (Phi) is 9.37. The van der Waals surface area contributed by atoms with Crippen molar-refractivity contribution in [3.05, 3.63) is 60.2 Å². The summed E-state index contributed by atoms with van der Waals surface area (Å²) in [6, 6.07) is 16.7. The van der Waals surface area contributed by atoms with Crippen LogP contribution in [-0.4, -0.2) is 29.9 Å². The molecule has 1 amide bonds. The molecule has 25 heavy (non-hydrogen) atoms. The van der Waals surface area contributed by atoms with E-state index in [1.54, 1.807) is 6.07 Å². The van der Waals surface area contributed by atoms with Gasteiger partial charge in [0.05, 0.1) is 29.1 Å². The quantitative estimate of drug-likeness (QED) is 0.735. The summed E-state index contributed by atoms with van der Waals surface area (Å²) in [6.45, 7) is 0.292. The molecule has 2 rings (SSSR count). The molecule has 5 nitrogen and oxygen atoms in total. The van der Waals surface area contributed by atoms with Gasteiger partial charge < -0.3 is 15.8 Å². The van der Waals surface area contributed by atoms with Crippen molar-refractivity contribution < 1.29 is 13.7 Å². The van der Waals surface area contributed by atoms with Crippen molar-refractivity contribution in [2.24, 2.45) is 5.73 Å². The first-order valence-corrected chi connectivity index (χ1v) is 8.99. The second kappa shape index (κ2) is 11.0. The van der Waals surface area contributed by atoms with E-state index in [0.29, 0.717) is 18.0 Å². The van der Waals surface area contributed by atoms with Gasteiger partial charge in [0.1, 0.15) is 0 Å². The van der Waals surface area contributed by atoms with Crippen molar-refractivity contribution in [1.82, 2.24) is 0 Å². The summed E-state index contributed by atoms with van der Waals surface area (Å²) in [5.74, 6) is 0.241. The number of hydrogen-bond acceptors (Lipinski definition) is 4. The molecule has 2 unspecified atom stereocenters. The first-order chi connectivity index (χ1) is 11.6. The maximum absolute atomic E-state index is 12.4. The predicted molar refractivity (Wildman–Crippen MR) is 103 cm³/mol. The zero-order chi connectivity index (χ0) is 17.4. The molecule has 0 spiro atoms. The Balaban J connectivity index is 0.00000312. The van der Waals surface area contributed by atoms with Crippen LogP contribution in [0.4, 0.5) is 5.69 Å². The molecular weight excluding hydrogens is 360 g/mol. The van der Waals surface area contributed by atoms with Crippen LogP contribution in [0.2, 0.25) is 0 Å². The van der Waals surface area contributed by atoms with Gasteiger partial charge in [0.25, 0.3) is 0 Å². The molecule has 0 aliphatic carbocycles. The lowest BCUT2D eigenvalue weighted by Crippen LogP contribution is -2.28. The number of hydrogen-bond donors (Lipinski definition) is 2. The summed E-state index contributed by atoms with van der Waals surface area (Å²) in [6.07, 6.45) is -0.0912. The highest BCUT2D eigenvalue weighted by Gasteiger charge is 2.12. The molecule has 0 radical (unpaired) electrons. The largest absolute Gasteiger partial charge is 0.380 e. The van der Waals surface area contributed by atoms with Crippen molar-refractivity contribution in [3.8, 4) is 0 Å². The summed E-state index contributed by atoms with van der Waals surface area (Å²) in [5.41, 5.74) is 7.10. The Hall–Kier alpha value is -1.73. The maximum atomic E-state index is 12.4. The van der Waals surface area contributed by atoms with E-state index in [1.807, 2.05) is 48.5 Å². The third-order valence-electron chi connectivity index (χ3n) is 3.52. The van der Waals surface area contributed by atoms with Crippen LogP contribution < -0.4 is 11.1 Å². The fraction of sp³-hybridized carbons (Fsp3) is 0.278. The highest BCUT2D eigenvalue weighted by Crippen LogP contribution is 2.16. The second-order valence-corrected chi connectivity index (χ2v) is 6.80. The van der Waals surface area contributed by atoms with Crippen LogP contribution in [0.3, 0.4) is 0 Å². The maximum Gasteiger partial charge on any atom is 0.227 e. The first kappa shape index (κ1) is 21.3. The Bertz CT molecular complexity index is 694. The van der Waals surface area contributed by atoms with Gasteiger partial charge in [0, 0.05) is 24.2 Å². The van der Waals surface area contributed by atoms with E-state index >= 15 is 0 Å². The number of halogens is 1. The molecule has 3 N–H and O–H groups in total. The Labute approximate surface area is 156 Å². The van der Waals surface area contributed by atoms with Crippen LogP contribution in [0.1, 0.15) is 12.0 Å². The van der Waals surface area contributed by atoms with Crippen molar-refractivity contribution in [2.75, 3.05) is 19.0 Å². The summed E-state index contributed by atoms with van der Waals surface area (Å²) in [4.78, 5) is 12.8. The van der Waals surface area contributed by atoms with E-state index in [1.165, 1.54) is 7.11 Å². The molecule has 136 valence electrons. The minimum atomic E-state index is -1.12. The number of ether oxygens (including phenoxy) is 1. The number of nitrogens with two attached hydrogens (primary N) is 1. The van der Waals surface area contributed by atoms with E-state index in [9.17, 15) is 9.00 Å². The van der Waals surface area contributed by atoms with Crippen molar-refractivity contribution in [2.45, 2.75) is 23.2 Å². The summed E-state index contributed by atoms with van der Waals surface area (Å²) in [5, 5.41) is 2.82. The van der Waals surface area contributed by atoms with Crippen LogP contribution in [0.25, 0.3) is 0 Å². The minimum absolute atomic E-state index is 0. The van der Waals surface area contributed by atoms with Gasteiger partial charge in [-0.2, -0.15) is 0 Å². The Morgan fingerprint density at radius 1 is 1.20 bits per heavy atom. The molecule has 0 aliphatic rings. The van der Waals surface area contributed by atoms with Crippen molar-refractivity contribution in [3.63, 3.8) is 0 Å². The number of anilines is 1. The third-order valence-corrected chi connectivity index (χ3v) is 4.92. The van der Waals surface area contributed by atoms with E-state index in [2.05, 4.69) is 5.32 Å². The highest BCUT2D eigenvalue weighted by atomic mass is 35.5. The smallest absolute Gasteiger partial charge is 0.227 e. The standard InChI is InChI=1S/C18H22N2O3S.ClH/c1-23-16(12-19)11-18(21)20-15-7-5-6-14(10-15)13-24(22)17-8-3-2-4-9-17;/h2-10,16H,11-13,19H2,1H3,(H,20,21);1H. The lowest BCUT2D eigenvalue weighted by atomic mass is 10.2. The number of carbonyl (C=O) groups excluding carboxylic acids is 1. The van der Waals surface area contributed by atoms with Crippen LogP contribution >= 0.6 is 12.4 Å². The Morgan fingerprint density at radius 2 is 1.92 bits per heavy atom. The summed E-state index contributed by atoms with van der Waals surface area (Å²) in [7, 11) is 0.416. The average Bonchev–Trinajstić information content (AvgIpc) is 2.60. The fourth-order valence-corrected chi connectivity index (χ4v) is 3.34. The molecule has 7 heteroatoms. The molecule has 0 saturated heterocycles. The molecule has 0 saturated carbocycles. The normalized spacial score (nSPS) is 12.7. The molecule has 0 bridgehead atoms. The summed E-state index contributed by atoms with van der Waals surface area (Å²) < 4.78 is 17.5. The molecule has 2 aromatic carbocycles. The zero-order valence-corrected chi connectivity index (χ0v) is 15.6. The lowest BCUT2D eigenvalue weighted by Gasteiger charge is -2.13. The van der Waals surface area contributed by atoms with E-state index in [0.717, 1.165) is 10.5 Å². The lowest BCUT2D eigenvalue weighted by molar-refractivity contribution is -0.118. The molecule has 0 fully saturated rings. The fourth-order valence-electron chi connectivity index (χ4n) is 2.23. The van der Waals surface area contributed by atoms with E-state index in [4.69, 9.17) is 10.5 Å². The van der Waals surface area contributed by atoms with Crippen LogP contribution in [0, 0.1) is 0 Å². The summed E-state index contributed by atoms with van der Waals surface area (Å²) >= 11 is 0. The number of nitrogens with one attached hydrogen (secondary N) is 1. The topological polar surface area (TPSA) is 81.4 Å². The first-order valence-electron chi connectivity index (χ1n) is 7.67. The molecule has 2 aromatic rings. The number of carbonyl (C=O) groups is 1. The zero-order valence-electron chi connectivity index (χ0n) is 14.0. The second-order valence-electron chi connectivity index (χ2n) is 5.35. The third kappa shape index (κ3) is 6.96. The van der Waals surface area contributed by atoms with Gasteiger partial charge in [-0.1, -0.05) is 30.3 Å². The van der Waals surface area contributed by atoms with Gasteiger partial charge in [0.15, 0.2) is 0 Å². The van der Waals surface area contributed by atoms with Gasteiger partial charge in [0.2, 0.25) is 5.91 Å². The molecular formula is C18H23ClN2O3S. The average molecular weight is 383 g/mol. The SMILES string of the molecule is COC(CN)CC(=O)Nc1cccc(CS(=O)c2ccccc2)c1.Cl. The van der Waals surface area contributed by atoms with Gasteiger partial charge in [-0.3, -0.25) is 9.00 Å².